The molecule has 4 rings (SSSR count). The number of urea groups is 1. The topological polar surface area (TPSA) is 139 Å². The number of nitrogens with one attached hydrogen (secondary N) is 3. The summed E-state index contributed by atoms with van der Waals surface area (Å²) in [7, 11) is 1.38. The molecule has 2 aromatic rings. The van der Waals surface area contributed by atoms with Crippen LogP contribution in [0.4, 0.5) is 23.8 Å². The van der Waals surface area contributed by atoms with E-state index in [1.165, 1.54) is 25.6 Å². The Morgan fingerprint density at radius 3 is 2.60 bits per heavy atom. The zero-order valence-corrected chi connectivity index (χ0v) is 22.5. The lowest BCUT2D eigenvalue weighted by Gasteiger charge is -2.32. The highest BCUT2D eigenvalue weighted by Crippen LogP contribution is 2.32. The highest BCUT2D eigenvalue weighted by molar-refractivity contribution is 6.00. The van der Waals surface area contributed by atoms with Crippen molar-refractivity contribution in [3.63, 3.8) is 0 Å². The molecule has 1 aliphatic carbocycles. The standard InChI is InChI=1S/C26H33F3N6O5/c1-14-4-6-16(7-5-14)22(33-23(36)21-15(2)12-40-34-21)24(37)32-20-10-17(8-9-30-20)18(13-39-3)35-11-19(26(27,28)29)31-25(35)38/h8-10,12,14,16,18-19,22H,4-7,11,13H2,1-3H3,(H,31,38)(H,33,36)(H,30,32,37)/t14?,16?,18?,19-,22?/m0/s1. The SMILES string of the molecule is COCC(c1ccnc(NC(=O)C(NC(=O)c2nocc2C)C2CCC(C)CC2)c1)N1C[C@@H](C(F)(F)F)NC1=O. The van der Waals surface area contributed by atoms with Gasteiger partial charge in [-0.1, -0.05) is 24.9 Å². The first-order chi connectivity index (χ1) is 19.0. The Morgan fingerprint density at radius 1 is 1.27 bits per heavy atom. The molecule has 3 atom stereocenters. The second-order valence-corrected chi connectivity index (χ2v) is 10.4. The Hall–Kier alpha value is -3.68. The van der Waals surface area contributed by atoms with Crippen LogP contribution in [0.1, 0.15) is 60.3 Å². The normalized spacial score (nSPS) is 22.9. The van der Waals surface area contributed by atoms with E-state index in [1.54, 1.807) is 13.0 Å². The Morgan fingerprint density at radius 2 is 2.00 bits per heavy atom. The molecule has 1 saturated carbocycles. The van der Waals surface area contributed by atoms with Crippen molar-refractivity contribution in [2.45, 2.75) is 63.8 Å². The Bertz CT molecular complexity index is 1210. The molecule has 4 amide bonds. The molecule has 3 N–H and O–H groups in total. The maximum atomic E-state index is 13.5. The minimum atomic E-state index is -4.60. The lowest BCUT2D eigenvalue weighted by molar-refractivity contribution is -0.150. The number of amides is 4. The number of hydrogen-bond donors (Lipinski definition) is 3. The van der Waals surface area contributed by atoms with Crippen LogP contribution >= 0.6 is 0 Å². The molecule has 2 fully saturated rings. The molecule has 2 unspecified atom stereocenters. The van der Waals surface area contributed by atoms with Crippen molar-refractivity contribution < 1.29 is 36.8 Å². The van der Waals surface area contributed by atoms with Gasteiger partial charge in [0.1, 0.15) is 24.2 Å². The number of halogens is 3. The molecular weight excluding hydrogens is 533 g/mol. The lowest BCUT2D eigenvalue weighted by atomic mass is 9.79. The number of anilines is 1. The van der Waals surface area contributed by atoms with Gasteiger partial charge in [0.15, 0.2) is 5.69 Å². The number of carbonyl (C=O) groups excluding carboxylic acids is 3. The Kier molecular flexibility index (Phi) is 8.96. The van der Waals surface area contributed by atoms with Crippen LogP contribution < -0.4 is 16.0 Å². The molecule has 2 aliphatic rings. The van der Waals surface area contributed by atoms with Crippen molar-refractivity contribution >= 4 is 23.7 Å². The van der Waals surface area contributed by atoms with E-state index in [2.05, 4.69) is 27.7 Å². The fourth-order valence-electron chi connectivity index (χ4n) is 5.19. The van der Waals surface area contributed by atoms with Crippen molar-refractivity contribution in [3.05, 3.63) is 41.4 Å². The van der Waals surface area contributed by atoms with E-state index in [0.29, 0.717) is 17.0 Å². The van der Waals surface area contributed by atoms with Gasteiger partial charge in [-0.3, -0.25) is 9.59 Å². The zero-order chi connectivity index (χ0) is 29.0. The molecule has 40 heavy (non-hydrogen) atoms. The second kappa shape index (κ2) is 12.2. The van der Waals surface area contributed by atoms with Crippen LogP contribution in [0.2, 0.25) is 0 Å². The third-order valence-corrected chi connectivity index (χ3v) is 7.52. The summed E-state index contributed by atoms with van der Waals surface area (Å²) >= 11 is 0. The zero-order valence-electron chi connectivity index (χ0n) is 22.5. The van der Waals surface area contributed by atoms with Gasteiger partial charge >= 0.3 is 12.2 Å². The van der Waals surface area contributed by atoms with Crippen LogP contribution in [0, 0.1) is 18.8 Å². The highest BCUT2D eigenvalue weighted by Gasteiger charge is 2.48. The molecule has 1 saturated heterocycles. The van der Waals surface area contributed by atoms with Crippen molar-refractivity contribution in [2.75, 3.05) is 25.6 Å². The van der Waals surface area contributed by atoms with Crippen molar-refractivity contribution in [1.82, 2.24) is 25.7 Å². The number of rotatable bonds is 9. The molecule has 2 aromatic heterocycles. The summed E-state index contributed by atoms with van der Waals surface area (Å²) in [5, 5.41) is 11.2. The lowest BCUT2D eigenvalue weighted by Crippen LogP contribution is -2.49. The average molecular weight is 567 g/mol. The molecule has 0 bridgehead atoms. The van der Waals surface area contributed by atoms with Crippen molar-refractivity contribution in [3.8, 4) is 0 Å². The summed E-state index contributed by atoms with van der Waals surface area (Å²) in [5.74, 6) is -0.505. The number of alkyl halides is 3. The minimum absolute atomic E-state index is 0.0780. The second-order valence-electron chi connectivity index (χ2n) is 10.4. The summed E-state index contributed by atoms with van der Waals surface area (Å²) in [6.07, 6.45) is 1.44. The van der Waals surface area contributed by atoms with Crippen LogP contribution in [-0.2, 0) is 9.53 Å². The number of methoxy groups -OCH3 is 1. The van der Waals surface area contributed by atoms with Gasteiger partial charge in [-0.15, -0.1) is 0 Å². The van der Waals surface area contributed by atoms with E-state index in [9.17, 15) is 27.6 Å². The van der Waals surface area contributed by atoms with Gasteiger partial charge in [0, 0.05) is 18.9 Å². The monoisotopic (exact) mass is 566 g/mol. The molecule has 0 radical (unpaired) electrons. The number of pyridine rings is 1. The summed E-state index contributed by atoms with van der Waals surface area (Å²) in [6, 6.07) is -1.59. The summed E-state index contributed by atoms with van der Waals surface area (Å²) in [6.45, 7) is 3.15. The number of hydrogen-bond acceptors (Lipinski definition) is 7. The van der Waals surface area contributed by atoms with Crippen LogP contribution in [0.15, 0.2) is 29.1 Å². The largest absolute Gasteiger partial charge is 0.410 e. The molecule has 3 heterocycles. The van der Waals surface area contributed by atoms with E-state index in [4.69, 9.17) is 9.26 Å². The molecule has 218 valence electrons. The first-order valence-corrected chi connectivity index (χ1v) is 13.1. The third-order valence-electron chi connectivity index (χ3n) is 7.52. The van der Waals surface area contributed by atoms with E-state index in [0.717, 1.165) is 30.6 Å². The van der Waals surface area contributed by atoms with E-state index in [1.807, 2.05) is 5.32 Å². The maximum Gasteiger partial charge on any atom is 0.410 e. The van der Waals surface area contributed by atoms with Gasteiger partial charge in [-0.2, -0.15) is 13.2 Å². The van der Waals surface area contributed by atoms with Gasteiger partial charge in [0.25, 0.3) is 5.91 Å². The fraction of sp³-hybridized carbons (Fsp3) is 0.577. The smallest absolute Gasteiger partial charge is 0.382 e. The van der Waals surface area contributed by atoms with E-state index in [-0.39, 0.29) is 24.0 Å². The van der Waals surface area contributed by atoms with Crippen molar-refractivity contribution in [1.29, 1.82) is 0 Å². The Balaban J connectivity index is 1.53. The van der Waals surface area contributed by atoms with E-state index < -0.39 is 48.7 Å². The third kappa shape index (κ3) is 6.72. The number of aromatic nitrogens is 2. The predicted octanol–water partition coefficient (Wildman–Crippen LogP) is 3.59. The summed E-state index contributed by atoms with van der Waals surface area (Å²) in [4.78, 5) is 44.1. The van der Waals surface area contributed by atoms with Crippen molar-refractivity contribution in [2.24, 2.45) is 11.8 Å². The van der Waals surface area contributed by atoms with Crippen LogP contribution in [0.25, 0.3) is 0 Å². The fourth-order valence-corrected chi connectivity index (χ4v) is 5.19. The van der Waals surface area contributed by atoms with Crippen LogP contribution in [0.5, 0.6) is 0 Å². The predicted molar refractivity (Wildman–Crippen MR) is 136 cm³/mol. The van der Waals surface area contributed by atoms with Gasteiger partial charge in [0.2, 0.25) is 5.91 Å². The molecule has 0 aromatic carbocycles. The number of ether oxygens (including phenoxy) is 1. The van der Waals surface area contributed by atoms with Gasteiger partial charge < -0.3 is 30.1 Å². The Labute approximate surface area is 229 Å². The molecule has 14 heteroatoms. The van der Waals surface area contributed by atoms with Crippen LogP contribution in [0.3, 0.4) is 0 Å². The summed E-state index contributed by atoms with van der Waals surface area (Å²) < 4.78 is 49.8. The molecule has 11 nitrogen and oxygen atoms in total. The number of carbonyl (C=O) groups is 3. The van der Waals surface area contributed by atoms with Gasteiger partial charge in [-0.05, 0) is 49.3 Å². The quantitative estimate of drug-likeness (QED) is 0.422. The number of nitrogens with zero attached hydrogens (tertiary/aromatic N) is 3. The van der Waals surface area contributed by atoms with Gasteiger partial charge in [0.05, 0.1) is 19.2 Å². The molecule has 0 spiro atoms. The molecule has 1 aliphatic heterocycles. The first kappa shape index (κ1) is 29.3. The first-order valence-electron chi connectivity index (χ1n) is 13.1. The highest BCUT2D eigenvalue weighted by atomic mass is 19.4. The van der Waals surface area contributed by atoms with Crippen LogP contribution in [-0.4, -0.2) is 71.4 Å². The van der Waals surface area contributed by atoms with Gasteiger partial charge in [-0.25, -0.2) is 9.78 Å². The van der Waals surface area contributed by atoms with E-state index >= 15 is 0 Å². The number of aryl methyl sites for hydroxylation is 1. The maximum absolute atomic E-state index is 13.5. The summed E-state index contributed by atoms with van der Waals surface area (Å²) in [5.41, 5.74) is 1.05. The molecular formula is C26H33F3N6O5. The minimum Gasteiger partial charge on any atom is -0.382 e. The average Bonchev–Trinajstić information content (AvgIpc) is 3.52.